The van der Waals surface area contributed by atoms with Gasteiger partial charge < -0.3 is 0 Å². The molecule has 1 aromatic heterocycles. The minimum absolute atomic E-state index is 0.00965. The molecule has 1 N–H and O–H groups in total. The van der Waals surface area contributed by atoms with E-state index in [4.69, 9.17) is 11.6 Å². The zero-order valence-corrected chi connectivity index (χ0v) is 17.6. The Balaban J connectivity index is 1.91. The first-order valence-electron chi connectivity index (χ1n) is 8.90. The molecule has 0 fully saturated rings. The van der Waals surface area contributed by atoms with E-state index in [9.17, 15) is 26.4 Å². The lowest BCUT2D eigenvalue weighted by Crippen LogP contribution is -2.16. The second kappa shape index (κ2) is 8.68. The van der Waals surface area contributed by atoms with Gasteiger partial charge in [-0.25, -0.2) is 8.42 Å². The van der Waals surface area contributed by atoms with Crippen LogP contribution in [-0.4, -0.2) is 25.4 Å². The molecule has 2 aromatic carbocycles. The molecule has 0 unspecified atom stereocenters. The molecule has 0 amide bonds. The van der Waals surface area contributed by atoms with E-state index in [-0.39, 0.29) is 32.3 Å². The van der Waals surface area contributed by atoms with Crippen molar-refractivity contribution in [2.75, 3.05) is 4.72 Å². The number of rotatable bonds is 6. The number of anilines is 1. The van der Waals surface area contributed by atoms with Crippen LogP contribution in [0.25, 0.3) is 0 Å². The van der Waals surface area contributed by atoms with Gasteiger partial charge in [0.1, 0.15) is 0 Å². The monoisotopic (exact) mass is 468 g/mol. The van der Waals surface area contributed by atoms with Gasteiger partial charge in [0, 0.05) is 28.0 Å². The summed E-state index contributed by atoms with van der Waals surface area (Å²) in [6.45, 7) is 1.76. The van der Waals surface area contributed by atoms with E-state index >= 15 is 0 Å². The standard InChI is InChI=1S/C21H16ClF3N2O3S/c1-13-2-5-15(12-26-13)20(28)18-10-16(22)6-9-19(18)27-31(29,30)17-7-3-14(4-8-17)11-21(23,24)25/h2-10,12,27H,11H2,1H3. The molecule has 3 aromatic rings. The molecule has 5 nitrogen and oxygen atoms in total. The maximum atomic E-state index is 12.9. The molecule has 0 bridgehead atoms. The van der Waals surface area contributed by atoms with Crippen LogP contribution >= 0.6 is 11.6 Å². The molecular weight excluding hydrogens is 453 g/mol. The van der Waals surface area contributed by atoms with Crippen LogP contribution in [0, 0.1) is 6.92 Å². The van der Waals surface area contributed by atoms with Crippen LogP contribution in [0.3, 0.4) is 0 Å². The summed E-state index contributed by atoms with van der Waals surface area (Å²) in [4.78, 5) is 16.7. The number of benzene rings is 2. The first-order chi connectivity index (χ1) is 14.4. The van der Waals surface area contributed by atoms with Crippen LogP contribution in [0.15, 0.2) is 65.7 Å². The molecule has 0 aliphatic heterocycles. The van der Waals surface area contributed by atoms with Crippen LogP contribution in [0.4, 0.5) is 18.9 Å². The Morgan fingerprint density at radius 2 is 1.74 bits per heavy atom. The maximum absolute atomic E-state index is 12.9. The lowest BCUT2D eigenvalue weighted by molar-refractivity contribution is -0.127. The zero-order chi connectivity index (χ0) is 22.8. The zero-order valence-electron chi connectivity index (χ0n) is 16.1. The van der Waals surface area contributed by atoms with Gasteiger partial charge in [0.25, 0.3) is 10.0 Å². The Morgan fingerprint density at radius 3 is 2.32 bits per heavy atom. The fourth-order valence-corrected chi connectivity index (χ4v) is 4.02. The van der Waals surface area contributed by atoms with Gasteiger partial charge in [-0.05, 0) is 55.0 Å². The number of pyridine rings is 1. The molecule has 0 radical (unpaired) electrons. The van der Waals surface area contributed by atoms with E-state index in [0.29, 0.717) is 5.69 Å². The van der Waals surface area contributed by atoms with Gasteiger partial charge >= 0.3 is 6.18 Å². The van der Waals surface area contributed by atoms with Crippen LogP contribution in [0.1, 0.15) is 27.2 Å². The first-order valence-corrected chi connectivity index (χ1v) is 10.8. The average molecular weight is 469 g/mol. The number of halogens is 4. The first kappa shape index (κ1) is 22.8. The molecule has 10 heteroatoms. The summed E-state index contributed by atoms with van der Waals surface area (Å²) in [6.07, 6.45) is -4.19. The summed E-state index contributed by atoms with van der Waals surface area (Å²) < 4.78 is 65.3. The Kier molecular flexibility index (Phi) is 6.38. The van der Waals surface area contributed by atoms with Crippen molar-refractivity contribution in [2.45, 2.75) is 24.4 Å². The highest BCUT2D eigenvalue weighted by atomic mass is 35.5. The maximum Gasteiger partial charge on any atom is 0.393 e. The number of aryl methyl sites for hydroxylation is 1. The molecular formula is C21H16ClF3N2O3S. The minimum Gasteiger partial charge on any atom is -0.288 e. The van der Waals surface area contributed by atoms with Crippen molar-refractivity contribution in [3.05, 3.63) is 88.2 Å². The Hall–Kier alpha value is -2.91. The third-order valence-electron chi connectivity index (χ3n) is 4.28. The van der Waals surface area contributed by atoms with E-state index in [1.54, 1.807) is 19.1 Å². The molecule has 0 saturated carbocycles. The van der Waals surface area contributed by atoms with Crippen molar-refractivity contribution in [3.8, 4) is 0 Å². The number of nitrogens with one attached hydrogen (secondary N) is 1. The number of sulfonamides is 1. The molecule has 0 aliphatic carbocycles. The molecule has 162 valence electrons. The van der Waals surface area contributed by atoms with Crippen LogP contribution in [-0.2, 0) is 16.4 Å². The molecule has 1 heterocycles. The second-order valence-electron chi connectivity index (χ2n) is 6.75. The summed E-state index contributed by atoms with van der Waals surface area (Å²) >= 11 is 6.00. The van der Waals surface area contributed by atoms with Crippen LogP contribution in [0.2, 0.25) is 5.02 Å². The lowest BCUT2D eigenvalue weighted by Gasteiger charge is -2.13. The summed E-state index contributed by atoms with van der Waals surface area (Å²) in [7, 11) is -4.17. The lowest BCUT2D eigenvalue weighted by atomic mass is 10.0. The molecule has 0 aliphatic rings. The molecule has 0 saturated heterocycles. The second-order valence-corrected chi connectivity index (χ2v) is 8.87. The summed E-state index contributed by atoms with van der Waals surface area (Å²) in [5.41, 5.74) is 0.868. The predicted octanol–water partition coefficient (Wildman–Crippen LogP) is 5.18. The average Bonchev–Trinajstić information content (AvgIpc) is 2.68. The summed E-state index contributed by atoms with van der Waals surface area (Å²) in [6, 6.07) is 11.6. The fourth-order valence-electron chi connectivity index (χ4n) is 2.77. The highest BCUT2D eigenvalue weighted by Gasteiger charge is 2.28. The van der Waals surface area contributed by atoms with Crippen molar-refractivity contribution in [3.63, 3.8) is 0 Å². The Labute approximate surface area is 181 Å². The van der Waals surface area contributed by atoms with Crippen molar-refractivity contribution < 1.29 is 26.4 Å². The quantitative estimate of drug-likeness (QED) is 0.506. The van der Waals surface area contributed by atoms with E-state index in [0.717, 1.165) is 24.3 Å². The largest absolute Gasteiger partial charge is 0.393 e. The highest BCUT2D eigenvalue weighted by Crippen LogP contribution is 2.27. The van der Waals surface area contributed by atoms with Crippen LogP contribution in [0.5, 0.6) is 0 Å². The molecule has 31 heavy (non-hydrogen) atoms. The molecule has 0 spiro atoms. The van der Waals surface area contributed by atoms with Gasteiger partial charge in [0.05, 0.1) is 17.0 Å². The van der Waals surface area contributed by atoms with Crippen LogP contribution < -0.4 is 4.72 Å². The van der Waals surface area contributed by atoms with Gasteiger partial charge in [-0.15, -0.1) is 0 Å². The summed E-state index contributed by atoms with van der Waals surface area (Å²) in [5.74, 6) is -0.492. The Bertz CT molecular complexity index is 1210. The van der Waals surface area contributed by atoms with Crippen molar-refractivity contribution in [2.24, 2.45) is 0 Å². The van der Waals surface area contributed by atoms with E-state index in [1.807, 2.05) is 0 Å². The van der Waals surface area contributed by atoms with E-state index < -0.39 is 28.4 Å². The minimum atomic E-state index is -4.40. The number of hydrogen-bond donors (Lipinski definition) is 1. The van der Waals surface area contributed by atoms with E-state index in [2.05, 4.69) is 9.71 Å². The van der Waals surface area contributed by atoms with Crippen molar-refractivity contribution in [1.82, 2.24) is 4.98 Å². The highest BCUT2D eigenvalue weighted by molar-refractivity contribution is 7.92. The van der Waals surface area contributed by atoms with Crippen molar-refractivity contribution in [1.29, 1.82) is 0 Å². The number of hydrogen-bond acceptors (Lipinski definition) is 4. The number of nitrogens with zero attached hydrogens (tertiary/aromatic N) is 1. The summed E-state index contributed by atoms with van der Waals surface area (Å²) in [5, 5.41) is 0.225. The van der Waals surface area contributed by atoms with Gasteiger partial charge in [-0.1, -0.05) is 23.7 Å². The van der Waals surface area contributed by atoms with Gasteiger partial charge in [0.15, 0.2) is 5.78 Å². The number of aromatic nitrogens is 1. The molecule has 3 rings (SSSR count). The number of ketones is 1. The van der Waals surface area contributed by atoms with Crippen molar-refractivity contribution >= 4 is 33.1 Å². The van der Waals surface area contributed by atoms with Gasteiger partial charge in [-0.3, -0.25) is 14.5 Å². The smallest absolute Gasteiger partial charge is 0.288 e. The topological polar surface area (TPSA) is 76.1 Å². The van der Waals surface area contributed by atoms with E-state index in [1.165, 1.54) is 24.4 Å². The van der Waals surface area contributed by atoms with Gasteiger partial charge in [0.2, 0.25) is 0 Å². The van der Waals surface area contributed by atoms with Gasteiger partial charge in [-0.2, -0.15) is 13.2 Å². The number of carbonyl (C=O) groups is 1. The molecule has 0 atom stereocenters. The third kappa shape index (κ3) is 5.83. The number of alkyl halides is 3. The normalized spacial score (nSPS) is 11.9. The predicted molar refractivity (Wildman–Crippen MR) is 111 cm³/mol. The third-order valence-corrected chi connectivity index (χ3v) is 5.90. The fraction of sp³-hybridized carbons (Fsp3) is 0.143. The SMILES string of the molecule is Cc1ccc(C(=O)c2cc(Cl)ccc2NS(=O)(=O)c2ccc(CC(F)(F)F)cc2)cn1. The number of carbonyl (C=O) groups excluding carboxylic acids is 1. The Morgan fingerprint density at radius 1 is 1.06 bits per heavy atom.